The average molecular weight is 377 g/mol. The fourth-order valence-electron chi connectivity index (χ4n) is 3.23. The van der Waals surface area contributed by atoms with Crippen LogP contribution in [-0.4, -0.2) is 28.3 Å². The Morgan fingerprint density at radius 1 is 0.750 bits per heavy atom. The quantitative estimate of drug-likeness (QED) is 0.460. The summed E-state index contributed by atoms with van der Waals surface area (Å²) in [6.07, 6.45) is 1.81. The zero-order valence-electron chi connectivity index (χ0n) is 16.1. The van der Waals surface area contributed by atoms with Gasteiger partial charge in [0.05, 0.1) is 0 Å². The third-order valence-corrected chi connectivity index (χ3v) is 4.93. The van der Waals surface area contributed by atoms with Crippen LogP contribution in [-0.2, 0) is 18.5 Å². The van der Waals surface area contributed by atoms with Crippen molar-refractivity contribution in [2.24, 2.45) is 0 Å². The van der Waals surface area contributed by atoms with Crippen molar-refractivity contribution in [2.45, 2.75) is 25.4 Å². The number of hydrogen-bond acceptors (Lipinski definition) is 5. The molecule has 1 heterocycles. The second kappa shape index (κ2) is 9.35. The molecule has 4 N–H and O–H groups in total. The Bertz CT molecular complexity index is 832. The van der Waals surface area contributed by atoms with Crippen LogP contribution in [0.1, 0.15) is 23.7 Å². The number of benzene rings is 2. The Morgan fingerprint density at radius 3 is 1.71 bits per heavy atom. The van der Waals surface area contributed by atoms with Gasteiger partial charge in [0.1, 0.15) is 11.5 Å². The molecule has 0 aliphatic rings. The van der Waals surface area contributed by atoms with Crippen molar-refractivity contribution in [3.05, 3.63) is 89.7 Å². The van der Waals surface area contributed by atoms with Gasteiger partial charge in [0.2, 0.25) is 0 Å². The minimum absolute atomic E-state index is 0.254. The summed E-state index contributed by atoms with van der Waals surface area (Å²) in [7, 11) is 0. The molecule has 0 bridgehead atoms. The van der Waals surface area contributed by atoms with Gasteiger partial charge in [-0.2, -0.15) is 0 Å². The van der Waals surface area contributed by atoms with Gasteiger partial charge in [-0.15, -0.1) is 0 Å². The van der Waals surface area contributed by atoms with Gasteiger partial charge in [0, 0.05) is 54.6 Å². The smallest absolute Gasteiger partial charge is 0.120 e. The van der Waals surface area contributed by atoms with E-state index >= 15 is 0 Å². The molecule has 0 radical (unpaired) electrons. The Labute approximate surface area is 166 Å². The second-order valence-corrected chi connectivity index (χ2v) is 7.24. The van der Waals surface area contributed by atoms with Crippen LogP contribution in [0.3, 0.4) is 0 Å². The maximum atomic E-state index is 9.96. The molecule has 3 rings (SSSR count). The van der Waals surface area contributed by atoms with Crippen LogP contribution in [0.25, 0.3) is 0 Å². The van der Waals surface area contributed by atoms with Crippen molar-refractivity contribution in [2.75, 3.05) is 13.1 Å². The number of nitrogens with one attached hydrogen (secondary N) is 2. The SMILES string of the molecule is CC(CNCc1ccccc1O)(CNCc1ccccc1O)c1ccccn1. The van der Waals surface area contributed by atoms with E-state index in [2.05, 4.69) is 22.5 Å². The summed E-state index contributed by atoms with van der Waals surface area (Å²) >= 11 is 0. The molecule has 5 nitrogen and oxygen atoms in total. The molecule has 146 valence electrons. The Morgan fingerprint density at radius 2 is 1.25 bits per heavy atom. The highest BCUT2D eigenvalue weighted by atomic mass is 16.3. The highest BCUT2D eigenvalue weighted by molar-refractivity contribution is 5.32. The molecule has 0 aliphatic carbocycles. The van der Waals surface area contributed by atoms with Gasteiger partial charge >= 0.3 is 0 Å². The first-order valence-corrected chi connectivity index (χ1v) is 9.45. The van der Waals surface area contributed by atoms with E-state index in [0.29, 0.717) is 37.7 Å². The molecule has 0 atom stereocenters. The molecule has 3 aromatic rings. The standard InChI is InChI=1S/C23H27N3O2/c1-23(22-12-6-7-13-26-22,16-24-14-18-8-2-4-10-20(18)27)17-25-15-19-9-3-5-11-21(19)28/h2-13,24-25,27-28H,14-17H2,1H3. The van der Waals surface area contributed by atoms with E-state index in [1.165, 1.54) is 0 Å². The third-order valence-electron chi connectivity index (χ3n) is 4.93. The molecule has 1 aromatic heterocycles. The van der Waals surface area contributed by atoms with Gasteiger partial charge in [-0.1, -0.05) is 49.4 Å². The lowest BCUT2D eigenvalue weighted by Gasteiger charge is -2.30. The average Bonchev–Trinajstić information content (AvgIpc) is 2.72. The van der Waals surface area contributed by atoms with E-state index in [1.54, 1.807) is 18.3 Å². The van der Waals surface area contributed by atoms with E-state index < -0.39 is 0 Å². The summed E-state index contributed by atoms with van der Waals surface area (Å²) in [4.78, 5) is 4.56. The number of phenols is 2. The summed E-state index contributed by atoms with van der Waals surface area (Å²) in [5.74, 6) is 0.597. The largest absolute Gasteiger partial charge is 0.508 e. The summed E-state index contributed by atoms with van der Waals surface area (Å²) in [6, 6.07) is 20.6. The molecule has 28 heavy (non-hydrogen) atoms. The minimum atomic E-state index is -0.254. The van der Waals surface area contributed by atoms with E-state index in [9.17, 15) is 10.2 Å². The Kier molecular flexibility index (Phi) is 6.63. The summed E-state index contributed by atoms with van der Waals surface area (Å²) in [5.41, 5.74) is 2.47. The van der Waals surface area contributed by atoms with Crippen LogP contribution < -0.4 is 10.6 Å². The highest BCUT2D eigenvalue weighted by Gasteiger charge is 2.27. The molecule has 2 aromatic carbocycles. The molecule has 0 saturated carbocycles. The minimum Gasteiger partial charge on any atom is -0.508 e. The van der Waals surface area contributed by atoms with E-state index in [1.807, 2.05) is 54.6 Å². The van der Waals surface area contributed by atoms with Crippen LogP contribution in [0.15, 0.2) is 72.9 Å². The van der Waals surface area contributed by atoms with E-state index in [-0.39, 0.29) is 5.41 Å². The van der Waals surface area contributed by atoms with Gasteiger partial charge in [-0.25, -0.2) is 0 Å². The fourth-order valence-corrected chi connectivity index (χ4v) is 3.23. The topological polar surface area (TPSA) is 77.4 Å². The fraction of sp³-hybridized carbons (Fsp3) is 0.261. The number of para-hydroxylation sites is 2. The van der Waals surface area contributed by atoms with Crippen LogP contribution in [0, 0.1) is 0 Å². The number of hydrogen-bond donors (Lipinski definition) is 4. The number of aromatic hydroxyl groups is 2. The highest BCUT2D eigenvalue weighted by Crippen LogP contribution is 2.22. The number of aromatic nitrogens is 1. The van der Waals surface area contributed by atoms with E-state index in [0.717, 1.165) is 16.8 Å². The maximum absolute atomic E-state index is 9.96. The zero-order valence-corrected chi connectivity index (χ0v) is 16.1. The lowest BCUT2D eigenvalue weighted by atomic mass is 9.85. The number of pyridine rings is 1. The summed E-state index contributed by atoms with van der Waals surface area (Å²) < 4.78 is 0. The van der Waals surface area contributed by atoms with Crippen molar-refractivity contribution in [3.63, 3.8) is 0 Å². The van der Waals surface area contributed by atoms with Gasteiger partial charge in [0.15, 0.2) is 0 Å². The lowest BCUT2D eigenvalue weighted by Crippen LogP contribution is -2.44. The Balaban J connectivity index is 1.65. The first-order valence-electron chi connectivity index (χ1n) is 9.45. The predicted octanol–water partition coefficient (Wildman–Crippen LogP) is 3.33. The zero-order chi connectivity index (χ0) is 19.8. The van der Waals surface area contributed by atoms with Crippen LogP contribution in [0.2, 0.25) is 0 Å². The van der Waals surface area contributed by atoms with Gasteiger partial charge in [0.25, 0.3) is 0 Å². The van der Waals surface area contributed by atoms with Crippen molar-refractivity contribution in [3.8, 4) is 11.5 Å². The van der Waals surface area contributed by atoms with Crippen molar-refractivity contribution >= 4 is 0 Å². The molecular weight excluding hydrogens is 350 g/mol. The molecule has 0 fully saturated rings. The third kappa shape index (κ3) is 5.09. The van der Waals surface area contributed by atoms with Crippen LogP contribution >= 0.6 is 0 Å². The van der Waals surface area contributed by atoms with Gasteiger partial charge in [-0.3, -0.25) is 4.98 Å². The first kappa shape index (κ1) is 19.9. The van der Waals surface area contributed by atoms with Crippen molar-refractivity contribution in [1.29, 1.82) is 0 Å². The molecule has 0 saturated heterocycles. The predicted molar refractivity (Wildman–Crippen MR) is 111 cm³/mol. The second-order valence-electron chi connectivity index (χ2n) is 7.24. The summed E-state index contributed by atoms with van der Waals surface area (Å²) in [5, 5.41) is 26.8. The monoisotopic (exact) mass is 377 g/mol. The van der Waals surface area contributed by atoms with Crippen LogP contribution in [0.4, 0.5) is 0 Å². The maximum Gasteiger partial charge on any atom is 0.120 e. The summed E-state index contributed by atoms with van der Waals surface area (Å²) in [6.45, 7) is 4.69. The molecule has 0 spiro atoms. The number of phenolic OH excluding ortho intramolecular Hbond substituents is 2. The Hall–Kier alpha value is -2.89. The van der Waals surface area contributed by atoms with Crippen molar-refractivity contribution in [1.82, 2.24) is 15.6 Å². The van der Waals surface area contributed by atoms with E-state index in [4.69, 9.17) is 0 Å². The van der Waals surface area contributed by atoms with Gasteiger partial charge in [-0.05, 0) is 24.3 Å². The van der Waals surface area contributed by atoms with Crippen molar-refractivity contribution < 1.29 is 10.2 Å². The molecule has 0 amide bonds. The normalized spacial score (nSPS) is 11.5. The molecule has 0 aliphatic heterocycles. The number of rotatable bonds is 9. The van der Waals surface area contributed by atoms with Crippen LogP contribution in [0.5, 0.6) is 11.5 Å². The first-order chi connectivity index (χ1) is 13.6. The molecule has 0 unspecified atom stereocenters. The number of nitrogens with zero attached hydrogens (tertiary/aromatic N) is 1. The van der Waals surface area contributed by atoms with Gasteiger partial charge < -0.3 is 20.8 Å². The molecule has 5 heteroatoms. The lowest BCUT2D eigenvalue weighted by molar-refractivity contribution is 0.384. The molecular formula is C23H27N3O2.